The molecule has 1 N–H and O–H groups in total. The number of carbonyl (C=O) groups excluding carboxylic acids is 1. The lowest BCUT2D eigenvalue weighted by Crippen LogP contribution is -2.44. The molecule has 0 spiro atoms. The van der Waals surface area contributed by atoms with Gasteiger partial charge in [0.1, 0.15) is 0 Å². The van der Waals surface area contributed by atoms with Gasteiger partial charge in [0.15, 0.2) is 5.69 Å². The van der Waals surface area contributed by atoms with E-state index in [-0.39, 0.29) is 17.5 Å². The van der Waals surface area contributed by atoms with E-state index in [1.165, 1.54) is 11.1 Å². The van der Waals surface area contributed by atoms with Crippen LogP contribution in [0, 0.1) is 11.8 Å². The van der Waals surface area contributed by atoms with Crippen molar-refractivity contribution in [1.82, 2.24) is 15.1 Å². The zero-order chi connectivity index (χ0) is 16.6. The fraction of sp³-hybridized carbons (Fsp3) is 0.500. The molecule has 5 heteroatoms. The Hall–Kier alpha value is -2.17. The molecule has 1 aromatic heterocycles. The van der Waals surface area contributed by atoms with Crippen molar-refractivity contribution in [3.05, 3.63) is 40.3 Å². The van der Waals surface area contributed by atoms with Crippen LogP contribution in [0.4, 0.5) is 0 Å². The summed E-state index contributed by atoms with van der Waals surface area (Å²) in [4.78, 5) is 24.9. The van der Waals surface area contributed by atoms with E-state index in [1.54, 1.807) is 25.2 Å². The molecule has 1 aromatic carbocycles. The lowest BCUT2D eigenvalue weighted by Gasteiger charge is -2.34. The lowest BCUT2D eigenvalue weighted by molar-refractivity contribution is 0.0885. The molecule has 0 saturated heterocycles. The van der Waals surface area contributed by atoms with Crippen LogP contribution in [0.1, 0.15) is 43.6 Å². The highest BCUT2D eigenvalue weighted by molar-refractivity contribution is 6.04. The molecule has 5 nitrogen and oxygen atoms in total. The maximum atomic E-state index is 12.8. The van der Waals surface area contributed by atoms with Crippen LogP contribution in [0.5, 0.6) is 0 Å². The molecule has 1 amide bonds. The molecular formula is C18H23N3O2. The minimum absolute atomic E-state index is 0.170. The van der Waals surface area contributed by atoms with Crippen molar-refractivity contribution in [1.29, 1.82) is 0 Å². The lowest BCUT2D eigenvalue weighted by atomic mass is 9.78. The van der Waals surface area contributed by atoms with Gasteiger partial charge in [0.25, 0.3) is 11.5 Å². The summed E-state index contributed by atoms with van der Waals surface area (Å²) < 4.78 is 1.24. The number of carbonyl (C=O) groups is 1. The molecule has 23 heavy (non-hydrogen) atoms. The number of aromatic nitrogens is 2. The normalized spacial score (nSPS) is 24.6. The Bertz CT molecular complexity index is 796. The van der Waals surface area contributed by atoms with Crippen LogP contribution in [0.25, 0.3) is 10.8 Å². The summed E-state index contributed by atoms with van der Waals surface area (Å²) in [7, 11) is 1.58. The van der Waals surface area contributed by atoms with E-state index < -0.39 is 0 Å². The summed E-state index contributed by atoms with van der Waals surface area (Å²) in [6, 6.07) is 7.32. The molecule has 122 valence electrons. The number of rotatable bonds is 2. The van der Waals surface area contributed by atoms with Crippen molar-refractivity contribution in [2.45, 2.75) is 39.2 Å². The smallest absolute Gasteiger partial charge is 0.274 e. The summed E-state index contributed by atoms with van der Waals surface area (Å²) in [6.07, 6.45) is 3.35. The van der Waals surface area contributed by atoms with Gasteiger partial charge in [-0.25, -0.2) is 4.68 Å². The average molecular weight is 313 g/mol. The van der Waals surface area contributed by atoms with Gasteiger partial charge >= 0.3 is 0 Å². The van der Waals surface area contributed by atoms with Crippen LogP contribution < -0.4 is 10.9 Å². The number of nitrogens with zero attached hydrogens (tertiary/aromatic N) is 2. The van der Waals surface area contributed by atoms with E-state index in [0.29, 0.717) is 28.3 Å². The molecule has 1 aliphatic carbocycles. The fourth-order valence-electron chi connectivity index (χ4n) is 3.49. The van der Waals surface area contributed by atoms with E-state index in [4.69, 9.17) is 0 Å². The third-order valence-electron chi connectivity index (χ3n) is 5.19. The first kappa shape index (κ1) is 15.7. The van der Waals surface area contributed by atoms with Crippen LogP contribution in [0.3, 0.4) is 0 Å². The third-order valence-corrected chi connectivity index (χ3v) is 5.19. The molecule has 3 atom stereocenters. The quantitative estimate of drug-likeness (QED) is 0.926. The standard InChI is InChI=1S/C18H23N3O2/c1-11-7-6-10-15(12(11)2)19-17(22)16-13-8-4-5-9-14(13)18(23)21(3)20-16/h4-5,8-9,11-12,15H,6-7,10H2,1-3H3,(H,19,22)/t11-,12+,15+/m0/s1. The van der Waals surface area contributed by atoms with E-state index in [1.807, 2.05) is 6.07 Å². The molecule has 3 rings (SSSR count). The first-order valence-corrected chi connectivity index (χ1v) is 8.26. The second kappa shape index (κ2) is 6.14. The SMILES string of the molecule is C[C@@H]1[C@@H](C)CCC[C@H]1NC(=O)c1nn(C)c(=O)c2ccccc12. The summed E-state index contributed by atoms with van der Waals surface area (Å²) >= 11 is 0. The summed E-state index contributed by atoms with van der Waals surface area (Å²) in [5.74, 6) is 0.869. The first-order chi connectivity index (χ1) is 11.0. The third kappa shape index (κ3) is 2.87. The van der Waals surface area contributed by atoms with Crippen molar-refractivity contribution in [2.24, 2.45) is 18.9 Å². The molecule has 0 unspecified atom stereocenters. The highest BCUT2D eigenvalue weighted by Gasteiger charge is 2.29. The van der Waals surface area contributed by atoms with Gasteiger partial charge in [-0.15, -0.1) is 0 Å². The number of benzene rings is 1. The Morgan fingerprint density at radius 3 is 2.65 bits per heavy atom. The molecule has 1 fully saturated rings. The molecule has 0 radical (unpaired) electrons. The number of aryl methyl sites for hydroxylation is 1. The Labute approximate surface area is 135 Å². The van der Waals surface area contributed by atoms with E-state index in [2.05, 4.69) is 24.3 Å². The zero-order valence-corrected chi connectivity index (χ0v) is 13.9. The van der Waals surface area contributed by atoms with Gasteiger partial charge in [0.05, 0.1) is 5.39 Å². The van der Waals surface area contributed by atoms with Crippen molar-refractivity contribution in [3.63, 3.8) is 0 Å². The summed E-state index contributed by atoms with van der Waals surface area (Å²) in [5, 5.41) is 8.48. The summed E-state index contributed by atoms with van der Waals surface area (Å²) in [6.45, 7) is 4.43. The topological polar surface area (TPSA) is 64.0 Å². The van der Waals surface area contributed by atoms with Gasteiger partial charge < -0.3 is 5.32 Å². The first-order valence-electron chi connectivity index (χ1n) is 8.26. The molecule has 1 heterocycles. The van der Waals surface area contributed by atoms with Crippen LogP contribution >= 0.6 is 0 Å². The number of fused-ring (bicyclic) bond motifs is 1. The van der Waals surface area contributed by atoms with Gasteiger partial charge in [-0.3, -0.25) is 9.59 Å². The van der Waals surface area contributed by atoms with Crippen LogP contribution in [0.2, 0.25) is 0 Å². The molecular weight excluding hydrogens is 290 g/mol. The molecule has 1 saturated carbocycles. The van der Waals surface area contributed by atoms with Crippen LogP contribution in [-0.4, -0.2) is 21.7 Å². The minimum Gasteiger partial charge on any atom is -0.348 e. The van der Waals surface area contributed by atoms with Gasteiger partial charge in [0, 0.05) is 18.5 Å². The fourth-order valence-corrected chi connectivity index (χ4v) is 3.49. The van der Waals surface area contributed by atoms with Gasteiger partial charge in [-0.05, 0) is 24.3 Å². The van der Waals surface area contributed by atoms with E-state index in [9.17, 15) is 9.59 Å². The zero-order valence-electron chi connectivity index (χ0n) is 13.9. The van der Waals surface area contributed by atoms with Crippen molar-refractivity contribution in [2.75, 3.05) is 0 Å². The van der Waals surface area contributed by atoms with Crippen LogP contribution in [-0.2, 0) is 7.05 Å². The predicted octanol–water partition coefficient (Wildman–Crippen LogP) is 2.49. The number of hydrogen-bond donors (Lipinski definition) is 1. The van der Waals surface area contributed by atoms with Crippen molar-refractivity contribution < 1.29 is 4.79 Å². The highest BCUT2D eigenvalue weighted by Crippen LogP contribution is 2.29. The Morgan fingerprint density at radius 2 is 1.91 bits per heavy atom. The van der Waals surface area contributed by atoms with Gasteiger partial charge in [0.2, 0.25) is 0 Å². The predicted molar refractivity (Wildman–Crippen MR) is 90.4 cm³/mol. The van der Waals surface area contributed by atoms with Crippen LogP contribution in [0.15, 0.2) is 29.1 Å². The molecule has 0 bridgehead atoms. The number of amides is 1. The molecule has 1 aliphatic rings. The number of nitrogens with one attached hydrogen (secondary N) is 1. The Balaban J connectivity index is 1.95. The number of hydrogen-bond acceptors (Lipinski definition) is 3. The Kier molecular flexibility index (Phi) is 4.20. The molecule has 0 aliphatic heterocycles. The van der Waals surface area contributed by atoms with E-state index >= 15 is 0 Å². The highest BCUT2D eigenvalue weighted by atomic mass is 16.2. The Morgan fingerprint density at radius 1 is 1.22 bits per heavy atom. The van der Waals surface area contributed by atoms with Crippen molar-refractivity contribution in [3.8, 4) is 0 Å². The second-order valence-electron chi connectivity index (χ2n) is 6.67. The molecule has 2 aromatic rings. The minimum atomic E-state index is -0.192. The van der Waals surface area contributed by atoms with Gasteiger partial charge in [-0.1, -0.05) is 44.9 Å². The summed E-state index contributed by atoms with van der Waals surface area (Å²) in [5.41, 5.74) is 0.143. The van der Waals surface area contributed by atoms with Gasteiger partial charge in [-0.2, -0.15) is 5.10 Å². The maximum absolute atomic E-state index is 12.8. The second-order valence-corrected chi connectivity index (χ2v) is 6.67. The largest absolute Gasteiger partial charge is 0.348 e. The average Bonchev–Trinajstić information content (AvgIpc) is 2.55. The van der Waals surface area contributed by atoms with Crippen molar-refractivity contribution >= 4 is 16.7 Å². The maximum Gasteiger partial charge on any atom is 0.274 e. The monoisotopic (exact) mass is 313 g/mol. The van der Waals surface area contributed by atoms with E-state index in [0.717, 1.165) is 12.8 Å².